The second-order valence-corrected chi connectivity index (χ2v) is 7.77. The molecule has 0 radical (unpaired) electrons. The Kier molecular flexibility index (Phi) is 6.62. The average Bonchev–Trinajstić information content (AvgIpc) is 3.16. The Balaban J connectivity index is 1.39. The summed E-state index contributed by atoms with van der Waals surface area (Å²) in [7, 11) is 0. The number of nitrogens with one attached hydrogen (secondary N) is 1. The summed E-state index contributed by atoms with van der Waals surface area (Å²) in [6.45, 7) is 4.88. The minimum absolute atomic E-state index is 0.0200. The van der Waals surface area contributed by atoms with Crippen LogP contribution in [0.3, 0.4) is 0 Å². The summed E-state index contributed by atoms with van der Waals surface area (Å²) in [5, 5.41) is 6.72. The fourth-order valence-corrected chi connectivity index (χ4v) is 3.71. The highest BCUT2D eigenvalue weighted by Crippen LogP contribution is 2.22. The summed E-state index contributed by atoms with van der Waals surface area (Å²) in [6, 6.07) is 14.0. The SMILES string of the molecule is Cc1onc(C(=O)Nc2ccc(CN3CCCCC3)cc2)c1COc1ccccc1F. The molecule has 1 saturated heterocycles. The van der Waals surface area contributed by atoms with Gasteiger partial charge in [-0.15, -0.1) is 0 Å². The fraction of sp³-hybridized carbons (Fsp3) is 0.333. The maximum Gasteiger partial charge on any atom is 0.278 e. The molecule has 1 aromatic heterocycles. The van der Waals surface area contributed by atoms with Crippen molar-refractivity contribution in [2.24, 2.45) is 0 Å². The standard InChI is InChI=1S/C24H26FN3O3/c1-17-20(16-30-22-8-4-3-7-21(22)25)23(27-31-17)24(29)26-19-11-9-18(10-12-19)15-28-13-5-2-6-14-28/h3-4,7-12H,2,5-6,13-16H2,1H3,(H,26,29). The van der Waals surface area contributed by atoms with E-state index >= 15 is 0 Å². The third-order valence-corrected chi connectivity index (χ3v) is 5.48. The van der Waals surface area contributed by atoms with Crippen LogP contribution in [0.5, 0.6) is 5.75 Å². The summed E-state index contributed by atoms with van der Waals surface area (Å²) in [5.41, 5.74) is 2.51. The number of benzene rings is 2. The molecule has 1 N–H and O–H groups in total. The van der Waals surface area contributed by atoms with E-state index in [-0.39, 0.29) is 18.1 Å². The zero-order valence-electron chi connectivity index (χ0n) is 17.6. The number of ether oxygens (including phenoxy) is 1. The molecule has 1 fully saturated rings. The van der Waals surface area contributed by atoms with Crippen LogP contribution in [0.2, 0.25) is 0 Å². The van der Waals surface area contributed by atoms with E-state index in [2.05, 4.69) is 15.4 Å². The van der Waals surface area contributed by atoms with E-state index in [9.17, 15) is 9.18 Å². The molecule has 31 heavy (non-hydrogen) atoms. The molecule has 1 aliphatic rings. The van der Waals surface area contributed by atoms with Crippen molar-refractivity contribution >= 4 is 11.6 Å². The van der Waals surface area contributed by atoms with Gasteiger partial charge in [-0.05, 0) is 62.7 Å². The largest absolute Gasteiger partial charge is 0.486 e. The predicted octanol–water partition coefficient (Wildman–Crippen LogP) is 4.94. The van der Waals surface area contributed by atoms with Crippen molar-refractivity contribution in [2.75, 3.05) is 18.4 Å². The monoisotopic (exact) mass is 423 g/mol. The third-order valence-electron chi connectivity index (χ3n) is 5.48. The van der Waals surface area contributed by atoms with E-state index in [0.29, 0.717) is 17.0 Å². The van der Waals surface area contributed by atoms with Crippen molar-refractivity contribution in [1.29, 1.82) is 0 Å². The highest BCUT2D eigenvalue weighted by molar-refractivity contribution is 6.03. The van der Waals surface area contributed by atoms with Crippen molar-refractivity contribution in [2.45, 2.75) is 39.3 Å². The summed E-state index contributed by atoms with van der Waals surface area (Å²) >= 11 is 0. The lowest BCUT2D eigenvalue weighted by Gasteiger charge is -2.26. The lowest BCUT2D eigenvalue weighted by Crippen LogP contribution is -2.29. The van der Waals surface area contributed by atoms with Crippen LogP contribution in [0.4, 0.5) is 10.1 Å². The molecule has 0 spiro atoms. The number of hydrogen-bond acceptors (Lipinski definition) is 5. The Bertz CT molecular complexity index is 1030. The molecule has 0 saturated carbocycles. The molecule has 1 aliphatic heterocycles. The number of aryl methyl sites for hydroxylation is 1. The molecule has 3 aromatic rings. The molecular formula is C24H26FN3O3. The quantitative estimate of drug-likeness (QED) is 0.583. The van der Waals surface area contributed by atoms with Gasteiger partial charge in [0.2, 0.25) is 0 Å². The van der Waals surface area contributed by atoms with Gasteiger partial charge < -0.3 is 14.6 Å². The number of piperidine rings is 1. The molecule has 4 rings (SSSR count). The Morgan fingerprint density at radius 1 is 1.13 bits per heavy atom. The number of likely N-dealkylation sites (tertiary alicyclic amines) is 1. The van der Waals surface area contributed by atoms with Gasteiger partial charge in [-0.25, -0.2) is 4.39 Å². The van der Waals surface area contributed by atoms with Crippen molar-refractivity contribution in [1.82, 2.24) is 10.1 Å². The van der Waals surface area contributed by atoms with E-state index in [1.54, 1.807) is 19.1 Å². The number of rotatable bonds is 7. The topological polar surface area (TPSA) is 67.6 Å². The number of carbonyl (C=O) groups is 1. The molecule has 0 aliphatic carbocycles. The molecule has 0 bridgehead atoms. The second-order valence-electron chi connectivity index (χ2n) is 7.77. The number of aromatic nitrogens is 1. The van der Waals surface area contributed by atoms with Crippen LogP contribution in [-0.2, 0) is 13.2 Å². The Morgan fingerprint density at radius 3 is 2.61 bits per heavy atom. The van der Waals surface area contributed by atoms with Gasteiger partial charge in [-0.1, -0.05) is 35.8 Å². The smallest absolute Gasteiger partial charge is 0.278 e. The van der Waals surface area contributed by atoms with Crippen LogP contribution in [0.1, 0.15) is 46.6 Å². The van der Waals surface area contributed by atoms with Crippen LogP contribution < -0.4 is 10.1 Å². The minimum Gasteiger partial charge on any atom is -0.486 e. The van der Waals surface area contributed by atoms with Crippen LogP contribution in [-0.4, -0.2) is 29.1 Å². The van der Waals surface area contributed by atoms with Crippen molar-refractivity contribution in [3.05, 3.63) is 76.9 Å². The molecule has 2 heterocycles. The van der Waals surface area contributed by atoms with E-state index in [1.807, 2.05) is 24.3 Å². The Hall–Kier alpha value is -3.19. The first-order chi connectivity index (χ1) is 15.1. The first-order valence-electron chi connectivity index (χ1n) is 10.6. The number of halogens is 1. The van der Waals surface area contributed by atoms with Crippen LogP contribution >= 0.6 is 0 Å². The van der Waals surface area contributed by atoms with E-state index in [1.165, 1.54) is 37.0 Å². The number of hydrogen-bond donors (Lipinski definition) is 1. The lowest BCUT2D eigenvalue weighted by atomic mass is 10.1. The van der Waals surface area contributed by atoms with Gasteiger partial charge in [0.05, 0.1) is 5.56 Å². The van der Waals surface area contributed by atoms with Crippen molar-refractivity contribution in [3.63, 3.8) is 0 Å². The lowest BCUT2D eigenvalue weighted by molar-refractivity contribution is 0.101. The van der Waals surface area contributed by atoms with Gasteiger partial charge >= 0.3 is 0 Å². The maximum absolute atomic E-state index is 13.8. The molecular weight excluding hydrogens is 397 g/mol. The number of anilines is 1. The second kappa shape index (κ2) is 9.75. The summed E-state index contributed by atoms with van der Waals surface area (Å²) in [4.78, 5) is 15.2. The molecule has 2 aromatic carbocycles. The minimum atomic E-state index is -0.466. The summed E-state index contributed by atoms with van der Waals surface area (Å²) in [5.74, 6) is -0.294. The van der Waals surface area contributed by atoms with Crippen LogP contribution in [0.15, 0.2) is 53.1 Å². The maximum atomic E-state index is 13.8. The molecule has 7 heteroatoms. The van der Waals surface area contributed by atoms with Gasteiger partial charge in [0.15, 0.2) is 17.3 Å². The van der Waals surface area contributed by atoms with Crippen LogP contribution in [0, 0.1) is 12.7 Å². The normalized spacial score (nSPS) is 14.4. The predicted molar refractivity (Wildman–Crippen MR) is 115 cm³/mol. The van der Waals surface area contributed by atoms with E-state index < -0.39 is 11.7 Å². The highest BCUT2D eigenvalue weighted by atomic mass is 19.1. The van der Waals surface area contributed by atoms with Gasteiger partial charge in [-0.3, -0.25) is 9.69 Å². The van der Waals surface area contributed by atoms with Gasteiger partial charge in [0.1, 0.15) is 12.4 Å². The van der Waals surface area contributed by atoms with Gasteiger partial charge in [0, 0.05) is 12.2 Å². The summed E-state index contributed by atoms with van der Waals surface area (Å²) < 4.78 is 24.5. The molecule has 6 nitrogen and oxygen atoms in total. The first-order valence-corrected chi connectivity index (χ1v) is 10.6. The third kappa shape index (κ3) is 5.30. The van der Waals surface area contributed by atoms with Crippen LogP contribution in [0.25, 0.3) is 0 Å². The zero-order valence-corrected chi connectivity index (χ0v) is 17.6. The molecule has 0 atom stereocenters. The Morgan fingerprint density at radius 2 is 1.87 bits per heavy atom. The first kappa shape index (κ1) is 21.1. The summed E-state index contributed by atoms with van der Waals surface area (Å²) in [6.07, 6.45) is 3.83. The molecule has 162 valence electrons. The zero-order chi connectivity index (χ0) is 21.6. The van der Waals surface area contributed by atoms with Crippen molar-refractivity contribution < 1.29 is 18.4 Å². The number of carbonyl (C=O) groups excluding carboxylic acids is 1. The van der Waals surface area contributed by atoms with Crippen molar-refractivity contribution in [3.8, 4) is 5.75 Å². The Labute approximate surface area is 181 Å². The number of para-hydroxylation sites is 1. The van der Waals surface area contributed by atoms with Gasteiger partial charge in [-0.2, -0.15) is 0 Å². The average molecular weight is 423 g/mol. The molecule has 0 unspecified atom stereocenters. The van der Waals surface area contributed by atoms with E-state index in [0.717, 1.165) is 19.6 Å². The van der Waals surface area contributed by atoms with E-state index in [4.69, 9.17) is 9.26 Å². The van der Waals surface area contributed by atoms with Gasteiger partial charge in [0.25, 0.3) is 5.91 Å². The number of nitrogens with zero attached hydrogens (tertiary/aromatic N) is 2. The highest BCUT2D eigenvalue weighted by Gasteiger charge is 2.21. The molecule has 1 amide bonds. The fourth-order valence-electron chi connectivity index (χ4n) is 3.71. The number of amides is 1.